The number of benzene rings is 3. The molecule has 0 radical (unpaired) electrons. The molecule has 1 aromatic heterocycles. The number of anilines is 2. The smallest absolute Gasteiger partial charge is 0.227 e. The molecule has 9 heteroatoms. The van der Waals surface area contributed by atoms with Gasteiger partial charge >= 0.3 is 0 Å². The molecule has 1 fully saturated rings. The Morgan fingerprint density at radius 2 is 1.92 bits per heavy atom. The van der Waals surface area contributed by atoms with Gasteiger partial charge in [0.05, 0.1) is 30.6 Å². The third kappa shape index (κ3) is 4.87. The zero-order valence-corrected chi connectivity index (χ0v) is 22.4. The highest BCUT2D eigenvalue weighted by Gasteiger charge is 2.27. The Bertz CT molecular complexity index is 1560. The number of hydrogen-bond donors (Lipinski definition) is 3. The second-order valence-electron chi connectivity index (χ2n) is 9.60. The number of aliphatic imine (C=N–C) groups is 1. The minimum atomic E-state index is -0.421. The fourth-order valence-corrected chi connectivity index (χ4v) is 5.54. The lowest BCUT2D eigenvalue weighted by Gasteiger charge is -2.19. The largest absolute Gasteiger partial charge is 0.496 e. The standard InChI is InChI=1S/C30H28ClFN6O/c1-33-24-12-13-34-28(24)17-6-9-20(10-7-17)37-30-36-16-18-15-35-29(26-23(32)4-3-5-25(26)39-2)22-14-19(31)8-11-21(22)27(18)38-30/h3-11,14,16,24,28,33-34H,12-13,15H2,1-2H3,(H,36,37,38). The van der Waals surface area contributed by atoms with Crippen LogP contribution in [0.5, 0.6) is 5.75 Å². The zero-order chi connectivity index (χ0) is 26.9. The van der Waals surface area contributed by atoms with Gasteiger partial charge in [-0.2, -0.15) is 0 Å². The molecule has 3 aromatic carbocycles. The molecule has 39 heavy (non-hydrogen) atoms. The molecule has 2 aliphatic heterocycles. The van der Waals surface area contributed by atoms with E-state index in [4.69, 9.17) is 26.3 Å². The summed E-state index contributed by atoms with van der Waals surface area (Å²) in [6.07, 6.45) is 2.87. The van der Waals surface area contributed by atoms with Crippen molar-refractivity contribution in [3.05, 3.63) is 100.0 Å². The van der Waals surface area contributed by atoms with Crippen molar-refractivity contribution in [2.45, 2.75) is 25.0 Å². The minimum absolute atomic E-state index is 0.282. The van der Waals surface area contributed by atoms with Gasteiger partial charge in [-0.25, -0.2) is 14.4 Å². The Balaban J connectivity index is 1.34. The summed E-state index contributed by atoms with van der Waals surface area (Å²) < 4.78 is 20.6. The van der Waals surface area contributed by atoms with E-state index >= 15 is 4.39 Å². The van der Waals surface area contributed by atoms with Gasteiger partial charge in [0.15, 0.2) is 0 Å². The highest BCUT2D eigenvalue weighted by molar-refractivity contribution is 6.31. The number of aromatic nitrogens is 2. The Kier molecular flexibility index (Phi) is 6.99. The molecule has 7 nitrogen and oxygen atoms in total. The molecule has 0 saturated carbocycles. The van der Waals surface area contributed by atoms with Gasteiger partial charge in [0.25, 0.3) is 0 Å². The third-order valence-corrected chi connectivity index (χ3v) is 7.55. The summed E-state index contributed by atoms with van der Waals surface area (Å²) in [6.45, 7) is 1.28. The molecule has 2 unspecified atom stereocenters. The normalized spacial score (nSPS) is 18.1. The molecule has 0 amide bonds. The quantitative estimate of drug-likeness (QED) is 0.291. The van der Waals surface area contributed by atoms with Gasteiger partial charge in [0, 0.05) is 45.7 Å². The van der Waals surface area contributed by atoms with E-state index in [2.05, 4.69) is 33.1 Å². The molecule has 3 heterocycles. The lowest BCUT2D eigenvalue weighted by atomic mass is 9.94. The number of nitrogens with zero attached hydrogens (tertiary/aromatic N) is 3. The summed E-state index contributed by atoms with van der Waals surface area (Å²) in [5.41, 5.74) is 5.90. The number of halogens is 2. The number of ether oxygens (including phenoxy) is 1. The van der Waals surface area contributed by atoms with Crippen LogP contribution in [0.25, 0.3) is 11.3 Å². The first-order valence-corrected chi connectivity index (χ1v) is 13.2. The Morgan fingerprint density at radius 1 is 1.08 bits per heavy atom. The van der Waals surface area contributed by atoms with Gasteiger partial charge in [-0.1, -0.05) is 35.9 Å². The molecule has 6 rings (SSSR count). The summed E-state index contributed by atoms with van der Waals surface area (Å²) in [5, 5.41) is 10.8. The van der Waals surface area contributed by atoms with Crippen LogP contribution in [0, 0.1) is 5.82 Å². The second-order valence-corrected chi connectivity index (χ2v) is 10.0. The Morgan fingerprint density at radius 3 is 2.72 bits per heavy atom. The van der Waals surface area contributed by atoms with Crippen LogP contribution in [-0.2, 0) is 6.54 Å². The van der Waals surface area contributed by atoms with E-state index in [1.165, 1.54) is 18.7 Å². The molecule has 2 atom stereocenters. The van der Waals surface area contributed by atoms with Crippen LogP contribution in [0.3, 0.4) is 0 Å². The summed E-state index contributed by atoms with van der Waals surface area (Å²) in [4.78, 5) is 14.2. The molecule has 0 spiro atoms. The van der Waals surface area contributed by atoms with Gasteiger partial charge in [0.1, 0.15) is 11.6 Å². The van der Waals surface area contributed by atoms with Gasteiger partial charge in [-0.15, -0.1) is 0 Å². The van der Waals surface area contributed by atoms with E-state index in [-0.39, 0.29) is 6.54 Å². The van der Waals surface area contributed by atoms with Gasteiger partial charge in [-0.05, 0) is 62.0 Å². The average Bonchev–Trinajstić information content (AvgIpc) is 3.38. The predicted octanol–water partition coefficient (Wildman–Crippen LogP) is 5.66. The van der Waals surface area contributed by atoms with E-state index in [0.29, 0.717) is 45.6 Å². The summed E-state index contributed by atoms with van der Waals surface area (Å²) in [5.74, 6) is 0.438. The van der Waals surface area contributed by atoms with Crippen molar-refractivity contribution in [2.75, 3.05) is 26.0 Å². The number of methoxy groups -OCH3 is 1. The second kappa shape index (κ2) is 10.7. The van der Waals surface area contributed by atoms with Crippen molar-refractivity contribution in [1.29, 1.82) is 0 Å². The molecule has 1 saturated heterocycles. The van der Waals surface area contributed by atoms with Crippen LogP contribution >= 0.6 is 11.6 Å². The monoisotopic (exact) mass is 542 g/mol. The number of hydrogen-bond acceptors (Lipinski definition) is 7. The molecule has 0 bridgehead atoms. The van der Waals surface area contributed by atoms with Crippen LogP contribution in [0.15, 0.2) is 71.9 Å². The van der Waals surface area contributed by atoms with Crippen molar-refractivity contribution >= 4 is 28.9 Å². The first-order valence-electron chi connectivity index (χ1n) is 12.9. The molecular formula is C30H28ClFN6O. The average molecular weight is 543 g/mol. The predicted molar refractivity (Wildman–Crippen MR) is 153 cm³/mol. The lowest BCUT2D eigenvalue weighted by Crippen LogP contribution is -2.31. The highest BCUT2D eigenvalue weighted by Crippen LogP contribution is 2.36. The van der Waals surface area contributed by atoms with Crippen molar-refractivity contribution in [3.8, 4) is 17.0 Å². The molecule has 0 aliphatic carbocycles. The Hall–Kier alpha value is -3.85. The Labute approximate surface area is 231 Å². The minimum Gasteiger partial charge on any atom is -0.496 e. The number of likely N-dealkylation sites (N-methyl/N-ethyl adjacent to an activating group) is 1. The first-order chi connectivity index (χ1) is 19.1. The summed E-state index contributed by atoms with van der Waals surface area (Å²) >= 11 is 6.41. The SMILES string of the molecule is CNC1CCNC1c1ccc(Nc2ncc3c(n2)-c2ccc(Cl)cc2C(c2c(F)cccc2OC)=NC3)cc1. The molecule has 2 aliphatic rings. The maximum Gasteiger partial charge on any atom is 0.227 e. The van der Waals surface area contributed by atoms with Crippen LogP contribution < -0.4 is 20.7 Å². The van der Waals surface area contributed by atoms with Crippen LogP contribution in [0.4, 0.5) is 16.0 Å². The summed E-state index contributed by atoms with van der Waals surface area (Å²) in [6, 6.07) is 19.2. The lowest BCUT2D eigenvalue weighted by molar-refractivity contribution is 0.410. The van der Waals surface area contributed by atoms with E-state index in [1.54, 1.807) is 30.5 Å². The van der Waals surface area contributed by atoms with Crippen molar-refractivity contribution in [2.24, 2.45) is 4.99 Å². The van der Waals surface area contributed by atoms with Gasteiger partial charge in [-0.3, -0.25) is 4.99 Å². The van der Waals surface area contributed by atoms with E-state index in [0.717, 1.165) is 35.5 Å². The van der Waals surface area contributed by atoms with Crippen LogP contribution in [0.2, 0.25) is 5.02 Å². The van der Waals surface area contributed by atoms with Crippen LogP contribution in [-0.4, -0.2) is 42.4 Å². The van der Waals surface area contributed by atoms with Crippen molar-refractivity contribution < 1.29 is 9.13 Å². The van der Waals surface area contributed by atoms with E-state index in [1.807, 2.05) is 25.2 Å². The number of rotatable bonds is 6. The first kappa shape index (κ1) is 25.4. The summed E-state index contributed by atoms with van der Waals surface area (Å²) in [7, 11) is 3.52. The molecule has 4 aromatic rings. The number of nitrogens with one attached hydrogen (secondary N) is 3. The fourth-order valence-electron chi connectivity index (χ4n) is 5.37. The molecule has 198 valence electrons. The fraction of sp³-hybridized carbons (Fsp3) is 0.233. The van der Waals surface area contributed by atoms with Crippen molar-refractivity contribution in [3.63, 3.8) is 0 Å². The number of fused-ring (bicyclic) bond motifs is 3. The third-order valence-electron chi connectivity index (χ3n) is 7.31. The molecule has 3 N–H and O–H groups in total. The topological polar surface area (TPSA) is 83.5 Å². The van der Waals surface area contributed by atoms with Crippen LogP contribution in [0.1, 0.15) is 34.7 Å². The zero-order valence-electron chi connectivity index (χ0n) is 21.6. The van der Waals surface area contributed by atoms with E-state index < -0.39 is 5.82 Å². The highest BCUT2D eigenvalue weighted by atomic mass is 35.5. The van der Waals surface area contributed by atoms with E-state index in [9.17, 15) is 0 Å². The van der Waals surface area contributed by atoms with Gasteiger partial charge in [0.2, 0.25) is 5.95 Å². The maximum absolute atomic E-state index is 15.1. The molecular weight excluding hydrogens is 515 g/mol. The van der Waals surface area contributed by atoms with Gasteiger partial charge < -0.3 is 20.7 Å². The maximum atomic E-state index is 15.1. The van der Waals surface area contributed by atoms with Crippen molar-refractivity contribution in [1.82, 2.24) is 20.6 Å².